The molecule has 0 bridgehead atoms. The van der Waals surface area contributed by atoms with Gasteiger partial charge in [-0.05, 0) is 51.6 Å². The summed E-state index contributed by atoms with van der Waals surface area (Å²) in [4.78, 5) is 0. The summed E-state index contributed by atoms with van der Waals surface area (Å²) in [5.41, 5.74) is 0. The quantitative estimate of drug-likeness (QED) is 0.632. The Kier molecular flexibility index (Phi) is 1.82. The van der Waals surface area contributed by atoms with Gasteiger partial charge in [0.2, 0.25) is 0 Å². The molecule has 0 saturated carbocycles. The van der Waals surface area contributed by atoms with Gasteiger partial charge in [-0.15, -0.1) is 0 Å². The van der Waals surface area contributed by atoms with Crippen molar-refractivity contribution < 1.29 is 0 Å². The van der Waals surface area contributed by atoms with E-state index in [2.05, 4.69) is 52.9 Å². The van der Waals surface area contributed by atoms with E-state index in [0.717, 1.165) is 0 Å². The van der Waals surface area contributed by atoms with Crippen LogP contribution < -0.4 is 0 Å². The molecule has 0 nitrogen and oxygen atoms in total. The minimum absolute atomic E-state index is 1.17. The Hall–Kier alpha value is -0.570. The van der Waals surface area contributed by atoms with Crippen LogP contribution in [0, 0.1) is 9.64 Å². The third-order valence-corrected chi connectivity index (χ3v) is 2.27. The molecule has 53 valence electrons. The average Bonchev–Trinajstić information content (AvgIpc) is 2.04. The van der Waals surface area contributed by atoms with E-state index in [-0.39, 0.29) is 0 Å². The summed E-state index contributed by atoms with van der Waals surface area (Å²) in [7, 11) is 0. The molecule has 0 aromatic heterocycles. The molecule has 2 aromatic rings. The van der Waals surface area contributed by atoms with E-state index < -0.39 is 0 Å². The lowest BCUT2D eigenvalue weighted by molar-refractivity contribution is 1.68. The van der Waals surface area contributed by atoms with E-state index in [0.29, 0.717) is 0 Å². The molecule has 0 fully saturated rings. The first kappa shape index (κ1) is 7.10. The fraction of sp³-hybridized carbons (Fsp3) is 0. The molecule has 0 aliphatic carbocycles. The van der Waals surface area contributed by atoms with Crippen LogP contribution in [0.1, 0.15) is 0 Å². The van der Waals surface area contributed by atoms with Crippen LogP contribution in [0.15, 0.2) is 36.4 Å². The van der Waals surface area contributed by atoms with Gasteiger partial charge in [-0.2, -0.15) is 0 Å². The number of benzene rings is 2. The molecule has 0 unspecified atom stereocenters. The lowest BCUT2D eigenvalue weighted by Gasteiger charge is -1.95. The first-order valence-electron chi connectivity index (χ1n) is 3.42. The van der Waals surface area contributed by atoms with Crippen LogP contribution in [-0.2, 0) is 0 Å². The van der Waals surface area contributed by atoms with E-state index in [1.807, 2.05) is 12.1 Å². The van der Waals surface area contributed by atoms with Crippen molar-refractivity contribution in [2.75, 3.05) is 0 Å². The lowest BCUT2D eigenvalue weighted by Crippen LogP contribution is -1.73. The van der Waals surface area contributed by atoms with Gasteiger partial charge in [-0.25, -0.2) is 0 Å². The number of hydrogen-bond donors (Lipinski definition) is 0. The molecule has 0 heterocycles. The molecule has 2 aromatic carbocycles. The molecule has 0 spiro atoms. The maximum atomic E-state index is 3.16. The van der Waals surface area contributed by atoms with Crippen LogP contribution in [0.4, 0.5) is 0 Å². The normalized spacial score (nSPS) is 10.3. The van der Waals surface area contributed by atoms with Crippen molar-refractivity contribution in [3.63, 3.8) is 0 Å². The second-order valence-electron chi connectivity index (χ2n) is 2.41. The Morgan fingerprint density at radius 1 is 1.09 bits per heavy atom. The van der Waals surface area contributed by atoms with Gasteiger partial charge in [0.05, 0.1) is 0 Å². The molecule has 2 rings (SSSR count). The monoisotopic (exact) mass is 253 g/mol. The molecular formula is C10H6I. The number of fused-ring (bicyclic) bond motifs is 1. The van der Waals surface area contributed by atoms with Gasteiger partial charge in [0.15, 0.2) is 0 Å². The Morgan fingerprint density at radius 2 is 1.82 bits per heavy atom. The maximum Gasteiger partial charge on any atom is 0.0215 e. The molecular weight excluding hydrogens is 247 g/mol. The van der Waals surface area contributed by atoms with Crippen LogP contribution in [0.25, 0.3) is 10.8 Å². The third-order valence-electron chi connectivity index (χ3n) is 1.64. The summed E-state index contributed by atoms with van der Waals surface area (Å²) in [6, 6.07) is 15.6. The highest BCUT2D eigenvalue weighted by atomic mass is 127. The molecule has 0 aliphatic rings. The van der Waals surface area contributed by atoms with Gasteiger partial charge < -0.3 is 0 Å². The van der Waals surface area contributed by atoms with Gasteiger partial charge in [0, 0.05) is 3.57 Å². The van der Waals surface area contributed by atoms with E-state index in [1.165, 1.54) is 14.3 Å². The summed E-state index contributed by atoms with van der Waals surface area (Å²) < 4.78 is 1.17. The first-order chi connectivity index (χ1) is 5.36. The molecule has 0 atom stereocenters. The summed E-state index contributed by atoms with van der Waals surface area (Å²) >= 11 is 2.27. The molecule has 0 saturated heterocycles. The second-order valence-corrected chi connectivity index (χ2v) is 3.57. The predicted molar refractivity (Wildman–Crippen MR) is 55.5 cm³/mol. The fourth-order valence-electron chi connectivity index (χ4n) is 1.10. The highest BCUT2D eigenvalue weighted by Crippen LogP contribution is 2.15. The zero-order valence-corrected chi connectivity index (χ0v) is 8.00. The molecule has 1 heteroatoms. The minimum atomic E-state index is 1.17. The van der Waals surface area contributed by atoms with Gasteiger partial charge >= 0.3 is 0 Å². The summed E-state index contributed by atoms with van der Waals surface area (Å²) in [5.74, 6) is 0. The summed E-state index contributed by atoms with van der Waals surface area (Å²) in [5, 5.41) is 2.54. The second kappa shape index (κ2) is 2.81. The van der Waals surface area contributed by atoms with Crippen molar-refractivity contribution in [1.82, 2.24) is 0 Å². The van der Waals surface area contributed by atoms with E-state index >= 15 is 0 Å². The van der Waals surface area contributed by atoms with E-state index in [1.54, 1.807) is 0 Å². The predicted octanol–water partition coefficient (Wildman–Crippen LogP) is 3.24. The van der Waals surface area contributed by atoms with Crippen LogP contribution in [-0.4, -0.2) is 0 Å². The Balaban J connectivity index is 2.83. The average molecular weight is 253 g/mol. The lowest BCUT2D eigenvalue weighted by atomic mass is 10.1. The summed E-state index contributed by atoms with van der Waals surface area (Å²) in [6.45, 7) is 0. The molecule has 11 heavy (non-hydrogen) atoms. The SMILES string of the molecule is Ic1[c]cc2ccccc2c1. The Bertz CT molecular complexity index is 379. The molecule has 0 N–H and O–H groups in total. The van der Waals surface area contributed by atoms with Crippen molar-refractivity contribution in [3.8, 4) is 0 Å². The molecule has 1 radical (unpaired) electrons. The zero-order valence-electron chi connectivity index (χ0n) is 5.84. The smallest absolute Gasteiger partial charge is 0.0215 e. The van der Waals surface area contributed by atoms with Crippen LogP contribution >= 0.6 is 22.6 Å². The van der Waals surface area contributed by atoms with Crippen molar-refractivity contribution in [3.05, 3.63) is 46.0 Å². The van der Waals surface area contributed by atoms with E-state index in [4.69, 9.17) is 0 Å². The van der Waals surface area contributed by atoms with Gasteiger partial charge in [0.25, 0.3) is 0 Å². The topological polar surface area (TPSA) is 0 Å². The molecule has 0 aliphatic heterocycles. The van der Waals surface area contributed by atoms with Crippen molar-refractivity contribution in [1.29, 1.82) is 0 Å². The fourth-order valence-corrected chi connectivity index (χ4v) is 1.59. The van der Waals surface area contributed by atoms with Crippen molar-refractivity contribution in [2.24, 2.45) is 0 Å². The Morgan fingerprint density at radius 3 is 2.64 bits per heavy atom. The van der Waals surface area contributed by atoms with E-state index in [9.17, 15) is 0 Å². The number of halogens is 1. The van der Waals surface area contributed by atoms with Crippen molar-refractivity contribution in [2.45, 2.75) is 0 Å². The maximum absolute atomic E-state index is 3.16. The van der Waals surface area contributed by atoms with Crippen LogP contribution in [0.2, 0.25) is 0 Å². The minimum Gasteiger partial charge on any atom is -0.0616 e. The largest absolute Gasteiger partial charge is 0.0616 e. The van der Waals surface area contributed by atoms with Gasteiger partial charge in [-0.1, -0.05) is 24.3 Å². The van der Waals surface area contributed by atoms with Gasteiger partial charge in [0.1, 0.15) is 0 Å². The zero-order chi connectivity index (χ0) is 7.68. The van der Waals surface area contributed by atoms with Crippen LogP contribution in [0.3, 0.4) is 0 Å². The van der Waals surface area contributed by atoms with Crippen molar-refractivity contribution >= 4 is 33.4 Å². The first-order valence-corrected chi connectivity index (χ1v) is 4.50. The number of rotatable bonds is 0. The standard InChI is InChI=1S/C10H6I/c11-10-6-5-8-3-1-2-4-9(8)7-10/h1-5,7H. The molecule has 0 amide bonds. The highest BCUT2D eigenvalue weighted by molar-refractivity contribution is 14.1. The van der Waals surface area contributed by atoms with Gasteiger partial charge in [-0.3, -0.25) is 0 Å². The summed E-state index contributed by atoms with van der Waals surface area (Å²) in [6.07, 6.45) is 0. The Labute approximate surface area is 79.4 Å². The van der Waals surface area contributed by atoms with Crippen LogP contribution in [0.5, 0.6) is 0 Å². The third kappa shape index (κ3) is 1.38. The number of hydrogen-bond acceptors (Lipinski definition) is 0. The highest BCUT2D eigenvalue weighted by Gasteiger charge is 1.91.